The fourth-order valence-corrected chi connectivity index (χ4v) is 3.68. The first-order chi connectivity index (χ1) is 13.8. The molecular weight excluding hydrogens is 392 g/mol. The van der Waals surface area contributed by atoms with Crippen LogP contribution in [0.1, 0.15) is 15.9 Å². The van der Waals surface area contributed by atoms with E-state index in [1.807, 2.05) is 6.07 Å². The Balaban J connectivity index is 1.71. The Bertz CT molecular complexity index is 1220. The Labute approximate surface area is 168 Å². The average molecular weight is 410 g/mol. The number of sulfonamides is 1. The smallest absolute Gasteiger partial charge is 0.259 e. The van der Waals surface area contributed by atoms with Crippen molar-refractivity contribution in [3.8, 4) is 22.6 Å². The van der Waals surface area contributed by atoms with Crippen molar-refractivity contribution in [2.45, 2.75) is 6.61 Å². The van der Waals surface area contributed by atoms with Crippen molar-refractivity contribution in [3.63, 3.8) is 0 Å². The number of hydrogen-bond acceptors (Lipinski definition) is 5. The third-order valence-corrected chi connectivity index (χ3v) is 5.02. The summed E-state index contributed by atoms with van der Waals surface area (Å²) in [7, 11) is -3.39. The van der Waals surface area contributed by atoms with Gasteiger partial charge in [0.05, 0.1) is 24.1 Å². The highest BCUT2D eigenvalue weighted by Crippen LogP contribution is 2.38. The van der Waals surface area contributed by atoms with Gasteiger partial charge in [0.15, 0.2) is 5.75 Å². The molecule has 0 saturated carbocycles. The molecule has 1 heterocycles. The SMILES string of the molecule is CS(=O)(=O)Nc1cccc(-c2ccc3c(c2)C(=O)Nc2cc(CO)ccc2O3)c1. The van der Waals surface area contributed by atoms with E-state index >= 15 is 0 Å². The quantitative estimate of drug-likeness (QED) is 0.610. The zero-order valence-corrected chi connectivity index (χ0v) is 16.3. The first-order valence-electron chi connectivity index (χ1n) is 8.78. The summed E-state index contributed by atoms with van der Waals surface area (Å²) in [5.41, 5.74) is 3.42. The number of amides is 1. The Morgan fingerprint density at radius 3 is 2.52 bits per heavy atom. The fourth-order valence-electron chi connectivity index (χ4n) is 3.12. The zero-order valence-electron chi connectivity index (χ0n) is 15.5. The normalized spacial score (nSPS) is 12.8. The Hall–Kier alpha value is -3.36. The van der Waals surface area contributed by atoms with Gasteiger partial charge in [-0.05, 0) is 53.1 Å². The lowest BCUT2D eigenvalue weighted by Gasteiger charge is -2.10. The molecule has 1 amide bonds. The van der Waals surface area contributed by atoms with E-state index in [4.69, 9.17) is 4.74 Å². The number of nitrogens with one attached hydrogen (secondary N) is 2. The summed E-state index contributed by atoms with van der Waals surface area (Å²) < 4.78 is 31.3. The lowest BCUT2D eigenvalue weighted by Crippen LogP contribution is -2.11. The molecule has 148 valence electrons. The lowest BCUT2D eigenvalue weighted by atomic mass is 10.0. The van der Waals surface area contributed by atoms with Gasteiger partial charge in [0.1, 0.15) is 5.75 Å². The highest BCUT2D eigenvalue weighted by molar-refractivity contribution is 7.92. The first kappa shape index (κ1) is 19.0. The van der Waals surface area contributed by atoms with Gasteiger partial charge >= 0.3 is 0 Å². The average Bonchev–Trinajstić information content (AvgIpc) is 2.81. The van der Waals surface area contributed by atoms with Crippen LogP contribution in [0.15, 0.2) is 60.7 Å². The van der Waals surface area contributed by atoms with Crippen LogP contribution in [0.3, 0.4) is 0 Å². The summed E-state index contributed by atoms with van der Waals surface area (Å²) in [6.07, 6.45) is 1.09. The largest absolute Gasteiger partial charge is 0.454 e. The van der Waals surface area contributed by atoms with Crippen molar-refractivity contribution in [2.75, 3.05) is 16.3 Å². The molecule has 0 aromatic heterocycles. The van der Waals surface area contributed by atoms with Crippen molar-refractivity contribution in [3.05, 3.63) is 71.8 Å². The molecule has 1 aliphatic heterocycles. The highest BCUT2D eigenvalue weighted by Gasteiger charge is 2.22. The summed E-state index contributed by atoms with van der Waals surface area (Å²) >= 11 is 0. The second kappa shape index (κ2) is 7.23. The van der Waals surface area contributed by atoms with Crippen LogP contribution >= 0.6 is 0 Å². The number of aliphatic hydroxyl groups excluding tert-OH is 1. The predicted molar refractivity (Wildman–Crippen MR) is 111 cm³/mol. The van der Waals surface area contributed by atoms with Crippen LogP contribution in [-0.2, 0) is 16.6 Å². The van der Waals surface area contributed by atoms with Crippen molar-refractivity contribution in [2.24, 2.45) is 0 Å². The van der Waals surface area contributed by atoms with Crippen LogP contribution in [0.5, 0.6) is 11.5 Å². The van der Waals surface area contributed by atoms with Crippen molar-refractivity contribution < 1.29 is 23.1 Å². The molecule has 0 bridgehead atoms. The summed E-state index contributed by atoms with van der Waals surface area (Å²) in [6, 6.07) is 17.2. The van der Waals surface area contributed by atoms with E-state index in [9.17, 15) is 18.3 Å². The molecule has 0 aliphatic carbocycles. The zero-order chi connectivity index (χ0) is 20.6. The van der Waals surface area contributed by atoms with Crippen molar-refractivity contribution in [1.29, 1.82) is 0 Å². The number of benzene rings is 3. The summed E-state index contributed by atoms with van der Waals surface area (Å²) in [6.45, 7) is -0.141. The van der Waals surface area contributed by atoms with Crippen molar-refractivity contribution >= 4 is 27.3 Å². The van der Waals surface area contributed by atoms with Gasteiger partial charge in [-0.3, -0.25) is 9.52 Å². The fraction of sp³-hybridized carbons (Fsp3) is 0.0952. The molecule has 3 aromatic carbocycles. The minimum absolute atomic E-state index is 0.141. The number of carbonyl (C=O) groups excluding carboxylic acids is 1. The van der Waals surface area contributed by atoms with Crippen LogP contribution in [0.25, 0.3) is 11.1 Å². The van der Waals surface area contributed by atoms with Gasteiger partial charge in [-0.25, -0.2) is 8.42 Å². The van der Waals surface area contributed by atoms with E-state index in [0.717, 1.165) is 17.4 Å². The number of fused-ring (bicyclic) bond motifs is 2. The maximum atomic E-state index is 12.8. The molecule has 0 atom stereocenters. The molecule has 8 heteroatoms. The molecule has 3 N–H and O–H groups in total. The summed E-state index contributed by atoms with van der Waals surface area (Å²) in [4.78, 5) is 12.8. The third-order valence-electron chi connectivity index (χ3n) is 4.42. The van der Waals surface area contributed by atoms with Crippen LogP contribution in [0.2, 0.25) is 0 Å². The molecule has 3 aromatic rings. The molecule has 4 rings (SSSR count). The number of ether oxygens (including phenoxy) is 1. The van der Waals surface area contributed by atoms with Crippen LogP contribution in [-0.4, -0.2) is 25.7 Å². The molecule has 0 radical (unpaired) electrons. The number of rotatable bonds is 4. The molecule has 0 unspecified atom stereocenters. The van der Waals surface area contributed by atoms with E-state index in [2.05, 4.69) is 10.0 Å². The topological polar surface area (TPSA) is 105 Å². The summed E-state index contributed by atoms with van der Waals surface area (Å²) in [5.74, 6) is 0.565. The molecule has 0 spiro atoms. The molecule has 29 heavy (non-hydrogen) atoms. The van der Waals surface area contributed by atoms with Crippen LogP contribution in [0, 0.1) is 0 Å². The van der Waals surface area contributed by atoms with E-state index in [-0.39, 0.29) is 12.5 Å². The number of hydrogen-bond donors (Lipinski definition) is 3. The van der Waals surface area contributed by atoms with Gasteiger partial charge in [0.25, 0.3) is 5.91 Å². The van der Waals surface area contributed by atoms with Crippen LogP contribution < -0.4 is 14.8 Å². The molecule has 0 saturated heterocycles. The molecular formula is C21H18N2O5S. The van der Waals surface area contributed by atoms with E-state index in [1.54, 1.807) is 54.6 Å². The Kier molecular flexibility index (Phi) is 4.73. The second-order valence-electron chi connectivity index (χ2n) is 6.71. The second-order valence-corrected chi connectivity index (χ2v) is 8.46. The lowest BCUT2D eigenvalue weighted by molar-refractivity contribution is 0.102. The minimum Gasteiger partial charge on any atom is -0.454 e. The van der Waals surface area contributed by atoms with Gasteiger partial charge < -0.3 is 15.2 Å². The minimum atomic E-state index is -3.39. The van der Waals surface area contributed by atoms with Gasteiger partial charge in [-0.2, -0.15) is 0 Å². The number of anilines is 2. The standard InChI is InChI=1S/C21H18N2O5S/c1-29(26,27)23-16-4-2-3-14(10-16)15-6-8-19-17(11-15)21(25)22-18-9-13(12-24)5-7-20(18)28-19/h2-11,23-24H,12H2,1H3,(H,22,25). The maximum Gasteiger partial charge on any atom is 0.259 e. The van der Waals surface area contributed by atoms with E-state index in [1.165, 1.54) is 0 Å². The highest BCUT2D eigenvalue weighted by atomic mass is 32.2. The summed E-state index contributed by atoms with van der Waals surface area (Å²) in [5, 5.41) is 12.1. The molecule has 1 aliphatic rings. The Morgan fingerprint density at radius 2 is 1.76 bits per heavy atom. The van der Waals surface area contributed by atoms with Gasteiger partial charge in [0.2, 0.25) is 10.0 Å². The van der Waals surface area contributed by atoms with Gasteiger partial charge in [-0.1, -0.05) is 24.3 Å². The maximum absolute atomic E-state index is 12.8. The monoisotopic (exact) mass is 410 g/mol. The first-order valence-corrected chi connectivity index (χ1v) is 10.7. The third kappa shape index (κ3) is 4.08. The van der Waals surface area contributed by atoms with Gasteiger partial charge in [0, 0.05) is 5.69 Å². The molecule has 0 fully saturated rings. The number of carbonyl (C=O) groups is 1. The van der Waals surface area contributed by atoms with Crippen LogP contribution in [0.4, 0.5) is 11.4 Å². The van der Waals surface area contributed by atoms with Crippen molar-refractivity contribution in [1.82, 2.24) is 0 Å². The number of aliphatic hydroxyl groups is 1. The van der Waals surface area contributed by atoms with Gasteiger partial charge in [-0.15, -0.1) is 0 Å². The molecule has 7 nitrogen and oxygen atoms in total. The predicted octanol–water partition coefficient (Wildman–Crippen LogP) is 3.58. The van der Waals surface area contributed by atoms with E-state index < -0.39 is 10.0 Å². The Morgan fingerprint density at radius 1 is 1.00 bits per heavy atom. The van der Waals surface area contributed by atoms with E-state index in [0.29, 0.717) is 34.0 Å².